The number of thiophene rings is 1. The van der Waals surface area contributed by atoms with Gasteiger partial charge in [-0.2, -0.15) is 0 Å². The highest BCUT2D eigenvalue weighted by Crippen LogP contribution is 2.37. The highest BCUT2D eigenvalue weighted by Gasteiger charge is 2.23. The number of amides is 1. The number of carbonyl (C=O) groups is 1. The molecule has 0 spiro atoms. The molecule has 6 nitrogen and oxygen atoms in total. The standard InChI is InChI=1S/C29H32N2O4S/c1-30(2)29(33)35-28-17-25-26(11-6-12-27(25)36-28)34-19-22(32)18-31-15-13-21(14-16-31)24-10-5-8-20-7-3-4-9-23(20)24/h3-12,17,21-22,32H,13-16,18-19H2,1-2H3. The molecule has 1 atom stereocenters. The summed E-state index contributed by atoms with van der Waals surface area (Å²) >= 11 is 1.40. The van der Waals surface area contributed by atoms with E-state index in [1.165, 1.54) is 32.6 Å². The van der Waals surface area contributed by atoms with Crippen molar-refractivity contribution in [2.24, 2.45) is 0 Å². The smallest absolute Gasteiger partial charge is 0.415 e. The van der Waals surface area contributed by atoms with Crippen molar-refractivity contribution < 1.29 is 19.4 Å². The molecule has 0 saturated carbocycles. The van der Waals surface area contributed by atoms with E-state index in [0.717, 1.165) is 36.0 Å². The minimum Gasteiger partial charge on any atom is -0.490 e. The van der Waals surface area contributed by atoms with E-state index in [1.54, 1.807) is 14.1 Å². The topological polar surface area (TPSA) is 62.2 Å². The number of carbonyl (C=O) groups excluding carboxylic acids is 1. The molecule has 1 unspecified atom stereocenters. The molecule has 188 valence electrons. The van der Waals surface area contributed by atoms with Gasteiger partial charge in [-0.3, -0.25) is 0 Å². The fourth-order valence-electron chi connectivity index (χ4n) is 4.93. The number of hydrogen-bond acceptors (Lipinski definition) is 6. The minimum atomic E-state index is -0.584. The van der Waals surface area contributed by atoms with Crippen molar-refractivity contribution in [1.82, 2.24) is 9.80 Å². The molecule has 0 aliphatic carbocycles. The molecule has 1 aliphatic rings. The summed E-state index contributed by atoms with van der Waals surface area (Å²) < 4.78 is 12.4. The average molecular weight is 505 g/mol. The Morgan fingerprint density at radius 3 is 2.61 bits per heavy atom. The number of fused-ring (bicyclic) bond motifs is 2. The number of aliphatic hydroxyl groups is 1. The number of benzene rings is 3. The van der Waals surface area contributed by atoms with Crippen LogP contribution in [0.15, 0.2) is 66.7 Å². The Morgan fingerprint density at radius 1 is 1.06 bits per heavy atom. The lowest BCUT2D eigenvalue weighted by Crippen LogP contribution is -2.40. The average Bonchev–Trinajstić information content (AvgIpc) is 3.30. The van der Waals surface area contributed by atoms with E-state index in [9.17, 15) is 9.90 Å². The van der Waals surface area contributed by atoms with Crippen LogP contribution in [0.5, 0.6) is 10.8 Å². The Hall–Kier alpha value is -3.13. The van der Waals surface area contributed by atoms with Gasteiger partial charge in [-0.15, -0.1) is 0 Å². The third kappa shape index (κ3) is 5.48. The van der Waals surface area contributed by atoms with Gasteiger partial charge in [-0.1, -0.05) is 59.9 Å². The second-order valence-corrected chi connectivity index (χ2v) is 10.7. The van der Waals surface area contributed by atoms with Crippen molar-refractivity contribution in [3.63, 3.8) is 0 Å². The van der Waals surface area contributed by atoms with Crippen LogP contribution >= 0.6 is 11.3 Å². The zero-order valence-corrected chi connectivity index (χ0v) is 21.5. The fourth-order valence-corrected chi connectivity index (χ4v) is 5.86. The van der Waals surface area contributed by atoms with E-state index >= 15 is 0 Å². The molecule has 0 radical (unpaired) electrons. The Labute approximate surface area is 215 Å². The second-order valence-electron chi connectivity index (χ2n) is 9.60. The van der Waals surface area contributed by atoms with E-state index in [1.807, 2.05) is 24.3 Å². The van der Waals surface area contributed by atoms with Crippen molar-refractivity contribution in [1.29, 1.82) is 0 Å². The van der Waals surface area contributed by atoms with Crippen molar-refractivity contribution in [2.75, 3.05) is 40.3 Å². The molecule has 4 aromatic rings. The summed E-state index contributed by atoms with van der Waals surface area (Å²) in [5.74, 6) is 1.23. The van der Waals surface area contributed by atoms with Crippen LogP contribution in [0.1, 0.15) is 24.3 Å². The van der Waals surface area contributed by atoms with Crippen LogP contribution in [-0.2, 0) is 0 Å². The van der Waals surface area contributed by atoms with Gasteiger partial charge >= 0.3 is 6.09 Å². The molecule has 1 aliphatic heterocycles. The van der Waals surface area contributed by atoms with E-state index in [0.29, 0.717) is 23.3 Å². The molecule has 1 fully saturated rings. The number of aliphatic hydroxyl groups excluding tert-OH is 1. The first-order chi connectivity index (χ1) is 17.5. The van der Waals surface area contributed by atoms with Crippen LogP contribution in [0.25, 0.3) is 20.9 Å². The molecule has 2 heterocycles. The monoisotopic (exact) mass is 504 g/mol. The number of hydrogen-bond donors (Lipinski definition) is 1. The number of β-amino-alcohol motifs (C(OH)–C–C–N with tert-alkyl or cyclic N) is 1. The molecule has 1 aromatic heterocycles. The van der Waals surface area contributed by atoms with Crippen LogP contribution in [0.4, 0.5) is 4.79 Å². The fraction of sp³-hybridized carbons (Fsp3) is 0.345. The lowest BCUT2D eigenvalue weighted by molar-refractivity contribution is 0.0600. The number of rotatable bonds is 7. The number of ether oxygens (including phenoxy) is 2. The van der Waals surface area contributed by atoms with E-state index in [4.69, 9.17) is 9.47 Å². The molecule has 1 saturated heterocycles. The Balaban J connectivity index is 1.15. The van der Waals surface area contributed by atoms with Crippen LogP contribution in [0.3, 0.4) is 0 Å². The first-order valence-electron chi connectivity index (χ1n) is 12.4. The molecule has 5 rings (SSSR count). The van der Waals surface area contributed by atoms with Crippen LogP contribution in [0, 0.1) is 0 Å². The van der Waals surface area contributed by atoms with Crippen LogP contribution in [-0.4, -0.2) is 67.4 Å². The highest BCUT2D eigenvalue weighted by molar-refractivity contribution is 7.20. The van der Waals surface area contributed by atoms with E-state index in [-0.39, 0.29) is 6.61 Å². The lowest BCUT2D eigenvalue weighted by Gasteiger charge is -2.33. The summed E-state index contributed by atoms with van der Waals surface area (Å²) in [5, 5.41) is 14.8. The predicted octanol–water partition coefficient (Wildman–Crippen LogP) is 5.73. The van der Waals surface area contributed by atoms with Crippen molar-refractivity contribution >= 4 is 38.3 Å². The lowest BCUT2D eigenvalue weighted by atomic mass is 9.86. The summed E-state index contributed by atoms with van der Waals surface area (Å²) in [6.07, 6.45) is 1.18. The predicted molar refractivity (Wildman–Crippen MR) is 145 cm³/mol. The van der Waals surface area contributed by atoms with Crippen molar-refractivity contribution in [2.45, 2.75) is 24.9 Å². The largest absolute Gasteiger partial charge is 0.490 e. The van der Waals surface area contributed by atoms with Crippen molar-refractivity contribution in [3.8, 4) is 10.8 Å². The molecule has 1 amide bonds. The SMILES string of the molecule is CN(C)C(=O)Oc1cc2c(OCC(O)CN3CCC(c4cccc5ccccc45)CC3)cccc2s1. The van der Waals surface area contributed by atoms with Gasteiger partial charge in [0.1, 0.15) is 18.5 Å². The van der Waals surface area contributed by atoms with Crippen LogP contribution < -0.4 is 9.47 Å². The molecular formula is C29H32N2O4S. The van der Waals surface area contributed by atoms with Gasteiger partial charge in [0.25, 0.3) is 0 Å². The maximum atomic E-state index is 11.9. The van der Waals surface area contributed by atoms with Crippen LogP contribution in [0.2, 0.25) is 0 Å². The third-order valence-electron chi connectivity index (χ3n) is 6.80. The maximum Gasteiger partial charge on any atom is 0.415 e. The third-order valence-corrected chi connectivity index (χ3v) is 7.78. The normalized spacial score (nSPS) is 15.8. The Morgan fingerprint density at radius 2 is 1.81 bits per heavy atom. The number of nitrogens with zero attached hydrogens (tertiary/aromatic N) is 2. The van der Waals surface area contributed by atoms with E-state index < -0.39 is 12.2 Å². The summed E-state index contributed by atoms with van der Waals surface area (Å²) in [6.45, 7) is 2.73. The first-order valence-corrected chi connectivity index (χ1v) is 13.2. The van der Waals surface area contributed by atoms with Gasteiger partial charge in [0.2, 0.25) is 0 Å². The van der Waals surface area contributed by atoms with Gasteiger partial charge in [-0.25, -0.2) is 4.79 Å². The summed E-state index contributed by atoms with van der Waals surface area (Å²) in [6, 6.07) is 22.8. The van der Waals surface area contributed by atoms with Gasteiger partial charge in [0, 0.05) is 36.8 Å². The van der Waals surface area contributed by atoms with Gasteiger partial charge in [-0.05, 0) is 60.3 Å². The zero-order valence-electron chi connectivity index (χ0n) is 20.7. The Kier molecular flexibility index (Phi) is 7.41. The summed E-state index contributed by atoms with van der Waals surface area (Å²) in [4.78, 5) is 15.6. The van der Waals surface area contributed by atoms with Gasteiger partial charge in [0.15, 0.2) is 5.06 Å². The van der Waals surface area contributed by atoms with E-state index in [2.05, 4.69) is 47.4 Å². The quantitative estimate of drug-likeness (QED) is 0.348. The van der Waals surface area contributed by atoms with Gasteiger partial charge in [0.05, 0.1) is 0 Å². The highest BCUT2D eigenvalue weighted by atomic mass is 32.1. The maximum absolute atomic E-state index is 11.9. The first kappa shape index (κ1) is 24.6. The number of piperidine rings is 1. The van der Waals surface area contributed by atoms with Gasteiger partial charge < -0.3 is 24.4 Å². The summed E-state index contributed by atoms with van der Waals surface area (Å²) in [5.41, 5.74) is 1.44. The minimum absolute atomic E-state index is 0.213. The molecule has 7 heteroatoms. The Bertz CT molecular complexity index is 1340. The number of likely N-dealkylation sites (tertiary alicyclic amines) is 1. The van der Waals surface area contributed by atoms with Crippen molar-refractivity contribution in [3.05, 3.63) is 72.3 Å². The molecule has 1 N–H and O–H groups in total. The zero-order chi connectivity index (χ0) is 25.1. The molecular weight excluding hydrogens is 472 g/mol. The summed E-state index contributed by atoms with van der Waals surface area (Å²) in [7, 11) is 3.30. The molecule has 0 bridgehead atoms. The second kappa shape index (κ2) is 10.9. The molecule has 36 heavy (non-hydrogen) atoms. The molecule has 3 aromatic carbocycles.